The molecule has 2 unspecified atom stereocenters. The molecule has 128 valence electrons. The van der Waals surface area contributed by atoms with Crippen molar-refractivity contribution in [3.63, 3.8) is 0 Å². The van der Waals surface area contributed by atoms with Gasteiger partial charge in [0.05, 0.1) is 13.7 Å². The van der Waals surface area contributed by atoms with Gasteiger partial charge in [0.1, 0.15) is 5.75 Å². The molecule has 1 aliphatic carbocycles. The predicted octanol–water partition coefficient (Wildman–Crippen LogP) is 2.76. The molecule has 0 aliphatic heterocycles. The average Bonchev–Trinajstić information content (AvgIpc) is 2.99. The van der Waals surface area contributed by atoms with Gasteiger partial charge in [0.25, 0.3) is 0 Å². The van der Waals surface area contributed by atoms with Gasteiger partial charge in [-0.05, 0) is 24.6 Å². The van der Waals surface area contributed by atoms with Gasteiger partial charge in [-0.2, -0.15) is 0 Å². The summed E-state index contributed by atoms with van der Waals surface area (Å²) in [6, 6.07) is 12.7. The second-order valence-electron chi connectivity index (χ2n) is 6.62. The number of rotatable bonds is 5. The Bertz CT molecular complexity index is 710. The number of aromatic amines is 1. The minimum Gasteiger partial charge on any atom is -0.496 e. The average molecular weight is 326 g/mol. The number of guanidine groups is 1. The van der Waals surface area contributed by atoms with E-state index in [1.807, 2.05) is 31.4 Å². The molecule has 1 aliphatic rings. The van der Waals surface area contributed by atoms with E-state index >= 15 is 0 Å². The summed E-state index contributed by atoms with van der Waals surface area (Å²) in [5, 5.41) is 3.60. The van der Waals surface area contributed by atoms with Crippen LogP contribution in [-0.2, 0) is 12.0 Å². The Hall–Kier alpha value is -2.43. The van der Waals surface area contributed by atoms with Crippen molar-refractivity contribution < 1.29 is 4.74 Å². The third-order valence-electron chi connectivity index (χ3n) is 4.91. The van der Waals surface area contributed by atoms with Gasteiger partial charge in [-0.3, -0.25) is 4.99 Å². The van der Waals surface area contributed by atoms with E-state index in [2.05, 4.69) is 52.4 Å². The van der Waals surface area contributed by atoms with Crippen LogP contribution < -0.4 is 10.1 Å². The zero-order valence-electron chi connectivity index (χ0n) is 14.8. The fourth-order valence-corrected chi connectivity index (χ4v) is 3.29. The molecule has 5 nitrogen and oxygen atoms in total. The number of para-hydroxylation sites is 1. The maximum atomic E-state index is 5.54. The van der Waals surface area contributed by atoms with Crippen LogP contribution in [0.5, 0.6) is 5.75 Å². The molecule has 0 bridgehead atoms. The Balaban J connectivity index is 1.68. The first-order valence-electron chi connectivity index (χ1n) is 8.28. The summed E-state index contributed by atoms with van der Waals surface area (Å²) in [5.74, 6) is 1.87. The van der Waals surface area contributed by atoms with Crippen LogP contribution in [0.25, 0.3) is 0 Å². The summed E-state index contributed by atoms with van der Waals surface area (Å²) in [6.45, 7) is 3.07. The quantitative estimate of drug-likeness (QED) is 0.656. The Morgan fingerprint density at radius 2 is 2.17 bits per heavy atom. The third-order valence-corrected chi connectivity index (χ3v) is 4.91. The smallest absolute Gasteiger partial charge is 0.193 e. The van der Waals surface area contributed by atoms with Gasteiger partial charge >= 0.3 is 0 Å². The van der Waals surface area contributed by atoms with Crippen molar-refractivity contribution in [1.29, 1.82) is 0 Å². The molecule has 0 radical (unpaired) electrons. The first kappa shape index (κ1) is 16.4. The number of hydrogen-bond acceptors (Lipinski definition) is 2. The number of ether oxygens (including phenoxy) is 1. The second-order valence-corrected chi connectivity index (χ2v) is 6.62. The number of methoxy groups -OCH3 is 1. The molecule has 24 heavy (non-hydrogen) atoms. The van der Waals surface area contributed by atoms with Crippen molar-refractivity contribution in [3.8, 4) is 5.75 Å². The highest BCUT2D eigenvalue weighted by atomic mass is 16.5. The van der Waals surface area contributed by atoms with Crippen molar-refractivity contribution in [1.82, 2.24) is 15.2 Å². The van der Waals surface area contributed by atoms with Gasteiger partial charge in [-0.1, -0.05) is 25.1 Å². The molecule has 5 heteroatoms. The Labute approximate surface area is 143 Å². The van der Waals surface area contributed by atoms with Gasteiger partial charge in [0.15, 0.2) is 5.96 Å². The summed E-state index contributed by atoms with van der Waals surface area (Å²) in [6.07, 6.45) is 3.02. The number of benzene rings is 1. The number of nitrogens with zero attached hydrogens (tertiary/aromatic N) is 2. The Morgan fingerprint density at radius 1 is 1.38 bits per heavy atom. The molecule has 0 amide bonds. The lowest BCUT2D eigenvalue weighted by Gasteiger charge is -2.23. The molecule has 0 spiro atoms. The topological polar surface area (TPSA) is 52.7 Å². The van der Waals surface area contributed by atoms with Crippen molar-refractivity contribution in [2.45, 2.75) is 31.3 Å². The van der Waals surface area contributed by atoms with E-state index in [4.69, 9.17) is 4.74 Å². The molecule has 1 heterocycles. The zero-order chi connectivity index (χ0) is 17.2. The Morgan fingerprint density at radius 3 is 2.83 bits per heavy atom. The molecule has 3 rings (SSSR count). The highest BCUT2D eigenvalue weighted by Crippen LogP contribution is 2.51. The number of aromatic nitrogens is 1. The summed E-state index contributed by atoms with van der Waals surface area (Å²) in [4.78, 5) is 9.80. The van der Waals surface area contributed by atoms with Gasteiger partial charge in [-0.25, -0.2) is 0 Å². The van der Waals surface area contributed by atoms with Crippen LogP contribution in [-0.4, -0.2) is 43.1 Å². The number of nitrogens with one attached hydrogen (secondary N) is 2. The number of hydrogen-bond donors (Lipinski definition) is 2. The van der Waals surface area contributed by atoms with E-state index in [0.717, 1.165) is 24.7 Å². The minimum absolute atomic E-state index is 0.0792. The van der Waals surface area contributed by atoms with Crippen molar-refractivity contribution in [2.24, 2.45) is 4.99 Å². The van der Waals surface area contributed by atoms with Crippen LogP contribution in [0.2, 0.25) is 0 Å². The summed E-state index contributed by atoms with van der Waals surface area (Å²) >= 11 is 0. The van der Waals surface area contributed by atoms with Gasteiger partial charge < -0.3 is 19.9 Å². The second kappa shape index (κ2) is 6.59. The highest BCUT2D eigenvalue weighted by molar-refractivity contribution is 5.80. The summed E-state index contributed by atoms with van der Waals surface area (Å²) in [7, 11) is 5.62. The molecular formula is C19H26N4O. The van der Waals surface area contributed by atoms with E-state index in [1.54, 1.807) is 7.11 Å². The van der Waals surface area contributed by atoms with Crippen LogP contribution >= 0.6 is 0 Å². The van der Waals surface area contributed by atoms with Crippen LogP contribution in [0.15, 0.2) is 47.6 Å². The molecule has 1 fully saturated rings. The molecule has 1 saturated carbocycles. The SMILES string of the molecule is CN=C(NC1CC1(C)c1ccccc1OC)N(C)Cc1ccc[nH]1. The lowest BCUT2D eigenvalue weighted by Crippen LogP contribution is -2.41. The van der Waals surface area contributed by atoms with E-state index in [-0.39, 0.29) is 5.41 Å². The number of aliphatic imine (C=N–C) groups is 1. The monoisotopic (exact) mass is 326 g/mol. The van der Waals surface area contributed by atoms with Gasteiger partial charge in [0.2, 0.25) is 0 Å². The molecule has 0 saturated heterocycles. The fraction of sp³-hybridized carbons (Fsp3) is 0.421. The standard InChI is InChI=1S/C19H26N4O/c1-19(15-9-5-6-10-16(15)24-4)12-17(19)22-18(20-2)23(3)13-14-8-7-11-21-14/h5-11,17,21H,12-13H2,1-4H3,(H,20,22). The molecule has 2 N–H and O–H groups in total. The summed E-state index contributed by atoms with van der Waals surface area (Å²) < 4.78 is 5.54. The predicted molar refractivity (Wildman–Crippen MR) is 97.5 cm³/mol. The first-order chi connectivity index (χ1) is 11.6. The van der Waals surface area contributed by atoms with Crippen LogP contribution in [0, 0.1) is 0 Å². The highest BCUT2D eigenvalue weighted by Gasteiger charge is 2.53. The fourth-order valence-electron chi connectivity index (χ4n) is 3.29. The van der Waals surface area contributed by atoms with Crippen LogP contribution in [0.1, 0.15) is 24.6 Å². The lowest BCUT2D eigenvalue weighted by molar-refractivity contribution is 0.404. The number of H-pyrrole nitrogens is 1. The summed E-state index contributed by atoms with van der Waals surface area (Å²) in [5.41, 5.74) is 2.51. The first-order valence-corrected chi connectivity index (χ1v) is 8.28. The van der Waals surface area contributed by atoms with E-state index in [1.165, 1.54) is 11.3 Å². The van der Waals surface area contributed by atoms with Crippen molar-refractivity contribution in [3.05, 3.63) is 53.9 Å². The van der Waals surface area contributed by atoms with Gasteiger partial charge in [-0.15, -0.1) is 0 Å². The zero-order valence-corrected chi connectivity index (χ0v) is 14.8. The molecule has 1 aromatic heterocycles. The van der Waals surface area contributed by atoms with Crippen molar-refractivity contribution >= 4 is 5.96 Å². The largest absolute Gasteiger partial charge is 0.496 e. The molecule has 2 atom stereocenters. The third kappa shape index (κ3) is 3.11. The maximum Gasteiger partial charge on any atom is 0.193 e. The van der Waals surface area contributed by atoms with Crippen molar-refractivity contribution in [2.75, 3.05) is 21.2 Å². The van der Waals surface area contributed by atoms with E-state index < -0.39 is 0 Å². The molecule has 2 aromatic rings. The van der Waals surface area contributed by atoms with E-state index in [0.29, 0.717) is 6.04 Å². The molecule has 1 aromatic carbocycles. The van der Waals surface area contributed by atoms with E-state index in [9.17, 15) is 0 Å². The minimum atomic E-state index is 0.0792. The maximum absolute atomic E-state index is 5.54. The molecular weight excluding hydrogens is 300 g/mol. The Kier molecular flexibility index (Phi) is 4.51. The normalized spacial score (nSPS) is 23.0. The van der Waals surface area contributed by atoms with Gasteiger partial charge in [0, 0.05) is 43.0 Å². The lowest BCUT2D eigenvalue weighted by atomic mass is 9.96. The van der Waals surface area contributed by atoms with Crippen LogP contribution in [0.3, 0.4) is 0 Å². The van der Waals surface area contributed by atoms with Crippen LogP contribution in [0.4, 0.5) is 0 Å².